The minimum Gasteiger partial charge on any atom is -0.493 e. The van der Waals surface area contributed by atoms with Crippen molar-refractivity contribution in [3.63, 3.8) is 0 Å². The summed E-state index contributed by atoms with van der Waals surface area (Å²) in [6.45, 7) is -0.0688. The van der Waals surface area contributed by atoms with E-state index >= 15 is 0 Å². The van der Waals surface area contributed by atoms with Gasteiger partial charge in [-0.05, 0) is 23.8 Å². The van der Waals surface area contributed by atoms with Gasteiger partial charge in [-0.15, -0.1) is 0 Å². The lowest BCUT2D eigenvalue weighted by Crippen LogP contribution is -2.03. The minimum absolute atomic E-state index is 0.0875. The van der Waals surface area contributed by atoms with Crippen LogP contribution in [0.3, 0.4) is 0 Å². The van der Waals surface area contributed by atoms with Crippen LogP contribution in [0.1, 0.15) is 5.56 Å². The summed E-state index contributed by atoms with van der Waals surface area (Å²) < 4.78 is 30.6. The van der Waals surface area contributed by atoms with Gasteiger partial charge in [-0.25, -0.2) is 14.4 Å². The summed E-state index contributed by atoms with van der Waals surface area (Å²) in [6, 6.07) is 7.11. The summed E-state index contributed by atoms with van der Waals surface area (Å²) in [5, 5.41) is 18.2. The van der Waals surface area contributed by atoms with Gasteiger partial charge in [-0.1, -0.05) is 6.07 Å². The number of benzene rings is 2. The molecule has 0 atom stereocenters. The van der Waals surface area contributed by atoms with Crippen molar-refractivity contribution in [1.82, 2.24) is 9.97 Å². The maximum Gasteiger partial charge on any atom is 0.307 e. The number of halogens is 1. The van der Waals surface area contributed by atoms with Gasteiger partial charge in [0.2, 0.25) is 5.88 Å². The van der Waals surface area contributed by atoms with Crippen LogP contribution in [0.15, 0.2) is 36.7 Å². The molecule has 0 aliphatic carbocycles. The van der Waals surface area contributed by atoms with Crippen molar-refractivity contribution in [2.75, 3.05) is 20.3 Å². The van der Waals surface area contributed by atoms with Crippen molar-refractivity contribution in [1.29, 1.82) is 0 Å². The van der Waals surface area contributed by atoms with Gasteiger partial charge in [0, 0.05) is 6.07 Å². The third kappa shape index (κ3) is 4.26. The molecule has 28 heavy (non-hydrogen) atoms. The quantitative estimate of drug-likeness (QED) is 0.606. The second-order valence-electron chi connectivity index (χ2n) is 5.71. The second kappa shape index (κ2) is 8.49. The number of methoxy groups -OCH3 is 1. The molecule has 0 aliphatic rings. The fourth-order valence-electron chi connectivity index (χ4n) is 2.57. The van der Waals surface area contributed by atoms with Crippen molar-refractivity contribution in [2.45, 2.75) is 6.42 Å². The second-order valence-corrected chi connectivity index (χ2v) is 5.71. The fraction of sp³-hybridized carbons (Fsp3) is 0.211. The number of aromatic nitrogens is 2. The molecule has 0 saturated heterocycles. The molecule has 1 aromatic heterocycles. The van der Waals surface area contributed by atoms with Gasteiger partial charge in [0.15, 0.2) is 23.1 Å². The Morgan fingerprint density at radius 3 is 2.64 bits per heavy atom. The Hall–Kier alpha value is -3.46. The van der Waals surface area contributed by atoms with Crippen molar-refractivity contribution < 1.29 is 33.6 Å². The van der Waals surface area contributed by atoms with Gasteiger partial charge < -0.3 is 24.4 Å². The van der Waals surface area contributed by atoms with Crippen molar-refractivity contribution in [3.05, 3.63) is 48.0 Å². The lowest BCUT2D eigenvalue weighted by Gasteiger charge is -2.13. The maximum absolute atomic E-state index is 14.3. The van der Waals surface area contributed by atoms with Gasteiger partial charge in [0.05, 0.1) is 31.0 Å². The zero-order chi connectivity index (χ0) is 20.1. The number of aliphatic hydroxyl groups excluding tert-OH is 1. The highest BCUT2D eigenvalue weighted by Crippen LogP contribution is 2.36. The summed E-state index contributed by atoms with van der Waals surface area (Å²) >= 11 is 0. The SMILES string of the molecule is COc1cc2c(Oc3ccc(CC(=O)O)cc3F)ncnc2cc1OCCO. The van der Waals surface area contributed by atoms with Gasteiger partial charge in [0.25, 0.3) is 0 Å². The molecule has 0 radical (unpaired) electrons. The molecule has 0 unspecified atom stereocenters. The first-order valence-corrected chi connectivity index (χ1v) is 8.26. The lowest BCUT2D eigenvalue weighted by atomic mass is 10.1. The first-order chi connectivity index (χ1) is 13.5. The molecule has 146 valence electrons. The van der Waals surface area contributed by atoms with E-state index in [1.165, 1.54) is 25.6 Å². The molecule has 0 fully saturated rings. The number of nitrogens with zero attached hydrogens (tertiary/aromatic N) is 2. The van der Waals surface area contributed by atoms with Crippen LogP contribution in [-0.2, 0) is 11.2 Å². The molecule has 0 aliphatic heterocycles. The summed E-state index contributed by atoms with van der Waals surface area (Å²) in [7, 11) is 1.46. The first kappa shape index (κ1) is 19.3. The predicted octanol–water partition coefficient (Wildman–Crippen LogP) is 2.57. The average molecular weight is 388 g/mol. The molecule has 8 nitrogen and oxygen atoms in total. The highest BCUT2D eigenvalue weighted by molar-refractivity contribution is 5.87. The zero-order valence-corrected chi connectivity index (χ0v) is 14.9. The molecule has 0 saturated carbocycles. The van der Waals surface area contributed by atoms with Crippen LogP contribution in [0.2, 0.25) is 0 Å². The predicted molar refractivity (Wildman–Crippen MR) is 96.5 cm³/mol. The summed E-state index contributed by atoms with van der Waals surface area (Å²) in [4.78, 5) is 18.9. The van der Waals surface area contributed by atoms with E-state index in [9.17, 15) is 9.18 Å². The summed E-state index contributed by atoms with van der Waals surface area (Å²) in [6.07, 6.45) is 0.970. The number of carboxylic acids is 1. The van der Waals surface area contributed by atoms with Crippen molar-refractivity contribution in [3.8, 4) is 23.1 Å². The maximum atomic E-state index is 14.3. The fourth-order valence-corrected chi connectivity index (χ4v) is 2.57. The highest BCUT2D eigenvalue weighted by atomic mass is 19.1. The van der Waals surface area contributed by atoms with Crippen LogP contribution in [-0.4, -0.2) is 46.5 Å². The molecule has 0 bridgehead atoms. The first-order valence-electron chi connectivity index (χ1n) is 8.26. The monoisotopic (exact) mass is 388 g/mol. The largest absolute Gasteiger partial charge is 0.493 e. The zero-order valence-electron chi connectivity index (χ0n) is 14.9. The molecule has 1 heterocycles. The molecular formula is C19H17FN2O6. The normalized spacial score (nSPS) is 10.7. The molecule has 3 rings (SSSR count). The molecule has 2 aromatic carbocycles. The number of rotatable bonds is 8. The van der Waals surface area contributed by atoms with E-state index in [1.54, 1.807) is 12.1 Å². The number of aliphatic hydroxyl groups is 1. The Balaban J connectivity index is 1.96. The van der Waals surface area contributed by atoms with Crippen LogP contribution in [0, 0.1) is 5.82 Å². The smallest absolute Gasteiger partial charge is 0.307 e. The molecular weight excluding hydrogens is 371 g/mol. The number of hydrogen-bond donors (Lipinski definition) is 2. The van der Waals surface area contributed by atoms with E-state index in [2.05, 4.69) is 9.97 Å². The van der Waals surface area contributed by atoms with Crippen LogP contribution >= 0.6 is 0 Å². The molecule has 0 amide bonds. The topological polar surface area (TPSA) is 111 Å². The van der Waals surface area contributed by atoms with E-state index in [1.807, 2.05) is 0 Å². The van der Waals surface area contributed by atoms with E-state index in [0.717, 1.165) is 6.07 Å². The van der Waals surface area contributed by atoms with Gasteiger partial charge >= 0.3 is 5.97 Å². The number of fused-ring (bicyclic) bond motifs is 1. The van der Waals surface area contributed by atoms with Gasteiger partial charge in [-0.2, -0.15) is 0 Å². The lowest BCUT2D eigenvalue weighted by molar-refractivity contribution is -0.136. The molecule has 0 spiro atoms. The van der Waals surface area contributed by atoms with Gasteiger partial charge in [-0.3, -0.25) is 4.79 Å². The Morgan fingerprint density at radius 1 is 1.14 bits per heavy atom. The van der Waals surface area contributed by atoms with Crippen LogP contribution in [0.5, 0.6) is 23.1 Å². The molecule has 9 heteroatoms. The Labute approximate surface area is 159 Å². The van der Waals surface area contributed by atoms with E-state index in [-0.39, 0.29) is 31.3 Å². The molecule has 3 aromatic rings. The number of ether oxygens (including phenoxy) is 3. The standard InChI is InChI=1S/C19H17FN2O6/c1-26-16-8-12-14(9-17(16)27-5-4-23)21-10-22-19(12)28-15-3-2-11(6-13(15)20)7-18(24)25/h2-3,6,8-10,23H,4-5,7H2,1H3,(H,24,25). The third-order valence-corrected chi connectivity index (χ3v) is 3.79. The Bertz CT molecular complexity index is 1010. The minimum atomic E-state index is -1.05. The Morgan fingerprint density at radius 2 is 1.96 bits per heavy atom. The van der Waals surface area contributed by atoms with Gasteiger partial charge in [0.1, 0.15) is 12.9 Å². The van der Waals surface area contributed by atoms with E-state index in [0.29, 0.717) is 28.0 Å². The number of carbonyl (C=O) groups is 1. The average Bonchev–Trinajstić information content (AvgIpc) is 2.67. The van der Waals surface area contributed by atoms with E-state index in [4.69, 9.17) is 24.4 Å². The number of carboxylic acid groups (broad SMARTS) is 1. The van der Waals surface area contributed by atoms with Crippen molar-refractivity contribution in [2.24, 2.45) is 0 Å². The number of hydrogen-bond acceptors (Lipinski definition) is 7. The van der Waals surface area contributed by atoms with Crippen LogP contribution in [0.4, 0.5) is 4.39 Å². The highest BCUT2D eigenvalue weighted by Gasteiger charge is 2.15. The van der Waals surface area contributed by atoms with E-state index < -0.39 is 11.8 Å². The van der Waals surface area contributed by atoms with Crippen LogP contribution in [0.25, 0.3) is 10.9 Å². The van der Waals surface area contributed by atoms with Crippen molar-refractivity contribution >= 4 is 16.9 Å². The third-order valence-electron chi connectivity index (χ3n) is 3.79. The van der Waals surface area contributed by atoms with Crippen LogP contribution < -0.4 is 14.2 Å². The molecule has 2 N–H and O–H groups in total. The summed E-state index contributed by atoms with van der Waals surface area (Å²) in [5.41, 5.74) is 0.791. The number of aliphatic carboxylic acids is 1. The summed E-state index contributed by atoms with van der Waals surface area (Å²) in [5.74, 6) is -1.01. The Kier molecular flexibility index (Phi) is 5.85.